The average molecular weight is 300 g/mol. The van der Waals surface area contributed by atoms with E-state index in [4.69, 9.17) is 0 Å². The molecule has 16 heavy (non-hydrogen) atoms. The molecule has 1 aromatic rings. The van der Waals surface area contributed by atoms with Crippen molar-refractivity contribution in [2.75, 3.05) is 6.26 Å². The monoisotopic (exact) mass is 299 g/mol. The van der Waals surface area contributed by atoms with Gasteiger partial charge in [0.1, 0.15) is 0 Å². The van der Waals surface area contributed by atoms with Gasteiger partial charge in [-0.25, -0.2) is 0 Å². The van der Waals surface area contributed by atoms with Crippen LogP contribution in [-0.4, -0.2) is 23.1 Å². The third-order valence-electron chi connectivity index (χ3n) is 2.81. The molecule has 0 unspecified atom stereocenters. The first-order valence-electron chi connectivity index (χ1n) is 5.22. The molecule has 1 heterocycles. The third-order valence-corrected chi connectivity index (χ3v) is 4.03. The zero-order valence-corrected chi connectivity index (χ0v) is 12.0. The largest absolute Gasteiger partial charge is 0.332 e. The van der Waals surface area contributed by atoms with Crippen LogP contribution in [0.15, 0.2) is 21.5 Å². The fourth-order valence-electron chi connectivity index (χ4n) is 1.98. The van der Waals surface area contributed by atoms with Gasteiger partial charge >= 0.3 is 0 Å². The van der Waals surface area contributed by atoms with Crippen molar-refractivity contribution in [3.63, 3.8) is 0 Å². The number of amides is 1. The lowest BCUT2D eigenvalue weighted by molar-refractivity contribution is 0.0728. The molecule has 2 nitrogen and oxygen atoms in total. The summed E-state index contributed by atoms with van der Waals surface area (Å²) in [5.41, 5.74) is 2.03. The molecule has 0 N–H and O–H groups in total. The molecule has 0 aromatic heterocycles. The zero-order chi connectivity index (χ0) is 11.9. The second kappa shape index (κ2) is 4.41. The molecular formula is C12H14BrNOS. The number of hydrogen-bond donors (Lipinski definition) is 0. The van der Waals surface area contributed by atoms with Crippen LogP contribution in [0, 0.1) is 0 Å². The highest BCUT2D eigenvalue weighted by atomic mass is 79.9. The molecule has 0 aliphatic carbocycles. The Morgan fingerprint density at radius 1 is 1.44 bits per heavy atom. The Hall–Kier alpha value is -0.480. The van der Waals surface area contributed by atoms with E-state index in [1.165, 1.54) is 0 Å². The van der Waals surface area contributed by atoms with Gasteiger partial charge in [-0.05, 0) is 37.8 Å². The fourth-order valence-corrected chi connectivity index (χ4v) is 3.30. The van der Waals surface area contributed by atoms with Crippen LogP contribution < -0.4 is 0 Å². The minimum absolute atomic E-state index is 0.168. The Labute approximate surface area is 109 Å². The van der Waals surface area contributed by atoms with Gasteiger partial charge in [0, 0.05) is 22.0 Å². The molecule has 0 bridgehead atoms. The Morgan fingerprint density at radius 2 is 2.12 bits per heavy atom. The molecule has 1 aromatic carbocycles. The molecule has 1 aliphatic rings. The van der Waals surface area contributed by atoms with Crippen molar-refractivity contribution in [3.8, 4) is 0 Å². The number of halogens is 1. The average Bonchev–Trinajstić information content (AvgIpc) is 2.55. The van der Waals surface area contributed by atoms with E-state index in [9.17, 15) is 4.79 Å². The summed E-state index contributed by atoms with van der Waals surface area (Å²) in [5, 5.41) is 0. The molecule has 4 heteroatoms. The number of fused-ring (bicyclic) bond motifs is 1. The molecule has 2 rings (SSSR count). The van der Waals surface area contributed by atoms with Gasteiger partial charge in [0.15, 0.2) is 0 Å². The highest BCUT2D eigenvalue weighted by Gasteiger charge is 2.31. The van der Waals surface area contributed by atoms with E-state index in [1.807, 2.05) is 17.2 Å². The molecule has 1 aliphatic heterocycles. The predicted molar refractivity (Wildman–Crippen MR) is 70.9 cm³/mol. The summed E-state index contributed by atoms with van der Waals surface area (Å²) in [6.07, 6.45) is 2.01. The maximum atomic E-state index is 12.2. The quantitative estimate of drug-likeness (QED) is 0.779. The molecule has 0 saturated heterocycles. The summed E-state index contributed by atoms with van der Waals surface area (Å²) in [4.78, 5) is 15.2. The van der Waals surface area contributed by atoms with Crippen LogP contribution in [0.5, 0.6) is 0 Å². The summed E-state index contributed by atoms with van der Waals surface area (Å²) in [6.45, 7) is 4.84. The van der Waals surface area contributed by atoms with E-state index in [2.05, 4.69) is 35.8 Å². The highest BCUT2D eigenvalue weighted by Crippen LogP contribution is 2.34. The standard InChI is InChI=1S/C12H14BrNOS/c1-7(2)14-6-8-4-9(13)5-10(16-3)11(8)12(14)15/h4-5,7H,6H2,1-3H3. The first-order valence-corrected chi connectivity index (χ1v) is 7.23. The van der Waals surface area contributed by atoms with Crippen molar-refractivity contribution in [2.24, 2.45) is 0 Å². The van der Waals surface area contributed by atoms with E-state index in [1.54, 1.807) is 11.8 Å². The van der Waals surface area contributed by atoms with E-state index in [0.717, 1.165) is 27.0 Å². The van der Waals surface area contributed by atoms with Gasteiger partial charge in [-0.2, -0.15) is 0 Å². The Morgan fingerprint density at radius 3 is 2.69 bits per heavy atom. The number of hydrogen-bond acceptors (Lipinski definition) is 2. The summed E-state index contributed by atoms with van der Waals surface area (Å²) in [7, 11) is 0. The smallest absolute Gasteiger partial charge is 0.255 e. The lowest BCUT2D eigenvalue weighted by Gasteiger charge is -2.19. The van der Waals surface area contributed by atoms with Crippen molar-refractivity contribution in [2.45, 2.75) is 31.3 Å². The molecule has 0 radical (unpaired) electrons. The van der Waals surface area contributed by atoms with Crippen LogP contribution in [0.1, 0.15) is 29.8 Å². The molecule has 0 spiro atoms. The van der Waals surface area contributed by atoms with E-state index in [0.29, 0.717) is 0 Å². The van der Waals surface area contributed by atoms with Crippen LogP contribution in [0.25, 0.3) is 0 Å². The first kappa shape index (κ1) is 12.0. The zero-order valence-electron chi connectivity index (χ0n) is 9.58. The lowest BCUT2D eigenvalue weighted by Crippen LogP contribution is -2.30. The van der Waals surface area contributed by atoms with Crippen LogP contribution in [-0.2, 0) is 6.54 Å². The van der Waals surface area contributed by atoms with E-state index >= 15 is 0 Å². The third kappa shape index (κ3) is 1.89. The molecule has 1 amide bonds. The molecular weight excluding hydrogens is 286 g/mol. The van der Waals surface area contributed by atoms with Crippen molar-refractivity contribution in [1.82, 2.24) is 4.90 Å². The van der Waals surface area contributed by atoms with Crippen LogP contribution in [0.2, 0.25) is 0 Å². The van der Waals surface area contributed by atoms with Gasteiger partial charge in [-0.1, -0.05) is 15.9 Å². The maximum Gasteiger partial charge on any atom is 0.255 e. The number of nitrogens with zero attached hydrogens (tertiary/aromatic N) is 1. The SMILES string of the molecule is CSc1cc(Br)cc2c1C(=O)N(C(C)C)C2. The molecule has 86 valence electrons. The summed E-state index contributed by atoms with van der Waals surface area (Å²) < 4.78 is 1.05. The lowest BCUT2D eigenvalue weighted by atomic mass is 10.1. The van der Waals surface area contributed by atoms with Crippen molar-refractivity contribution in [1.29, 1.82) is 0 Å². The molecule has 0 fully saturated rings. The number of rotatable bonds is 2. The van der Waals surface area contributed by atoms with Crippen molar-refractivity contribution in [3.05, 3.63) is 27.7 Å². The van der Waals surface area contributed by atoms with Crippen LogP contribution >= 0.6 is 27.7 Å². The fraction of sp³-hybridized carbons (Fsp3) is 0.417. The van der Waals surface area contributed by atoms with Gasteiger partial charge in [0.05, 0.1) is 5.56 Å². The number of carbonyl (C=O) groups excluding carboxylic acids is 1. The minimum atomic E-state index is 0.168. The Bertz CT molecular complexity index is 445. The number of carbonyl (C=O) groups is 1. The Balaban J connectivity index is 2.51. The van der Waals surface area contributed by atoms with Gasteiger partial charge in [-0.15, -0.1) is 11.8 Å². The summed E-state index contributed by atoms with van der Waals surface area (Å²) in [5.74, 6) is 0.168. The summed E-state index contributed by atoms with van der Waals surface area (Å²) in [6, 6.07) is 4.33. The van der Waals surface area contributed by atoms with Gasteiger partial charge in [-0.3, -0.25) is 4.79 Å². The normalized spacial score (nSPS) is 14.8. The van der Waals surface area contributed by atoms with Crippen LogP contribution in [0.3, 0.4) is 0 Å². The summed E-state index contributed by atoms with van der Waals surface area (Å²) >= 11 is 5.12. The van der Waals surface area contributed by atoms with Gasteiger partial charge in [0.25, 0.3) is 5.91 Å². The first-order chi connectivity index (χ1) is 7.54. The van der Waals surface area contributed by atoms with Crippen molar-refractivity contribution >= 4 is 33.6 Å². The van der Waals surface area contributed by atoms with Crippen molar-refractivity contribution < 1.29 is 4.79 Å². The van der Waals surface area contributed by atoms with Gasteiger partial charge < -0.3 is 4.90 Å². The molecule has 0 saturated carbocycles. The second-order valence-corrected chi connectivity index (χ2v) is 5.93. The Kier molecular flexibility index (Phi) is 3.31. The van der Waals surface area contributed by atoms with E-state index in [-0.39, 0.29) is 11.9 Å². The minimum Gasteiger partial charge on any atom is -0.332 e. The topological polar surface area (TPSA) is 20.3 Å². The highest BCUT2D eigenvalue weighted by molar-refractivity contribution is 9.10. The van der Waals surface area contributed by atoms with Gasteiger partial charge in [0.2, 0.25) is 0 Å². The predicted octanol–water partition coefficient (Wildman–Crippen LogP) is 3.54. The van der Waals surface area contributed by atoms with Crippen LogP contribution in [0.4, 0.5) is 0 Å². The second-order valence-electron chi connectivity index (χ2n) is 4.17. The molecule has 0 atom stereocenters. The van der Waals surface area contributed by atoms with E-state index < -0.39 is 0 Å². The maximum absolute atomic E-state index is 12.2. The number of thioether (sulfide) groups is 1. The number of benzene rings is 1.